The number of halogens is 2. The molecule has 0 heterocycles. The molecule has 0 aliphatic rings. The van der Waals surface area contributed by atoms with Crippen molar-refractivity contribution in [2.75, 3.05) is 0 Å². The van der Waals surface area contributed by atoms with Crippen LogP contribution in [0, 0.1) is 5.82 Å². The summed E-state index contributed by atoms with van der Waals surface area (Å²) in [4.78, 5) is 0. The molecule has 0 spiro atoms. The highest BCUT2D eigenvalue weighted by Crippen LogP contribution is 2.32. The Labute approximate surface area is 118 Å². The van der Waals surface area contributed by atoms with Gasteiger partial charge in [0.2, 0.25) is 0 Å². The van der Waals surface area contributed by atoms with Crippen LogP contribution in [0.3, 0.4) is 0 Å². The van der Waals surface area contributed by atoms with Crippen molar-refractivity contribution in [3.8, 4) is 11.5 Å². The molecular formula is C14H13BrFNO2. The molecule has 0 aromatic heterocycles. The number of para-hydroxylation sites is 1. The lowest BCUT2D eigenvalue weighted by Gasteiger charge is -2.12. The third-order valence-electron chi connectivity index (χ3n) is 2.71. The molecule has 5 heteroatoms. The molecule has 2 aromatic rings. The number of aliphatic hydroxyl groups excluding tert-OH is 1. The van der Waals surface area contributed by atoms with E-state index in [2.05, 4.69) is 15.9 Å². The van der Waals surface area contributed by atoms with Crippen LogP contribution in [-0.4, -0.2) is 5.11 Å². The molecule has 19 heavy (non-hydrogen) atoms. The van der Waals surface area contributed by atoms with Gasteiger partial charge in [0.25, 0.3) is 0 Å². The standard InChI is InChI=1S/C14H13BrFNO2/c15-13-9(7-17)5-6-12(14(13)16)19-11-4-2-1-3-10(11)8-18/h1-6,18H,7-8,17H2. The molecular weight excluding hydrogens is 313 g/mol. The molecule has 0 unspecified atom stereocenters. The van der Waals surface area contributed by atoms with Gasteiger partial charge in [-0.2, -0.15) is 0 Å². The van der Waals surface area contributed by atoms with E-state index in [1.54, 1.807) is 30.3 Å². The average Bonchev–Trinajstić information content (AvgIpc) is 2.45. The van der Waals surface area contributed by atoms with E-state index >= 15 is 0 Å². The van der Waals surface area contributed by atoms with Gasteiger partial charge >= 0.3 is 0 Å². The van der Waals surface area contributed by atoms with Crippen LogP contribution in [0.5, 0.6) is 11.5 Å². The van der Waals surface area contributed by atoms with Crippen molar-refractivity contribution in [2.24, 2.45) is 5.73 Å². The number of aliphatic hydroxyl groups is 1. The molecule has 0 radical (unpaired) electrons. The maximum absolute atomic E-state index is 14.1. The summed E-state index contributed by atoms with van der Waals surface area (Å²) in [6, 6.07) is 10.2. The van der Waals surface area contributed by atoms with Crippen LogP contribution in [-0.2, 0) is 13.2 Å². The van der Waals surface area contributed by atoms with Crippen molar-refractivity contribution >= 4 is 15.9 Å². The Morgan fingerprint density at radius 2 is 1.84 bits per heavy atom. The summed E-state index contributed by atoms with van der Waals surface area (Å²) in [5.74, 6) is 0.0111. The Morgan fingerprint density at radius 1 is 1.11 bits per heavy atom. The van der Waals surface area contributed by atoms with Crippen LogP contribution in [0.2, 0.25) is 0 Å². The highest BCUT2D eigenvalue weighted by Gasteiger charge is 2.13. The van der Waals surface area contributed by atoms with Gasteiger partial charge in [0.05, 0.1) is 11.1 Å². The fourth-order valence-corrected chi connectivity index (χ4v) is 2.15. The molecule has 0 bridgehead atoms. The molecule has 0 fully saturated rings. The third kappa shape index (κ3) is 2.94. The van der Waals surface area contributed by atoms with Gasteiger partial charge in [-0.15, -0.1) is 0 Å². The number of rotatable bonds is 4. The summed E-state index contributed by atoms with van der Waals surface area (Å²) < 4.78 is 19.9. The fraction of sp³-hybridized carbons (Fsp3) is 0.143. The minimum atomic E-state index is -0.504. The quantitative estimate of drug-likeness (QED) is 0.906. The minimum Gasteiger partial charge on any atom is -0.454 e. The van der Waals surface area contributed by atoms with Crippen molar-refractivity contribution in [1.82, 2.24) is 0 Å². The molecule has 0 saturated carbocycles. The smallest absolute Gasteiger partial charge is 0.180 e. The molecule has 0 aliphatic heterocycles. The second-order valence-corrected chi connectivity index (χ2v) is 4.72. The Balaban J connectivity index is 2.36. The molecule has 3 nitrogen and oxygen atoms in total. The van der Waals surface area contributed by atoms with E-state index in [0.717, 1.165) is 0 Å². The van der Waals surface area contributed by atoms with Crippen LogP contribution in [0.1, 0.15) is 11.1 Å². The van der Waals surface area contributed by atoms with Gasteiger partial charge in [0.1, 0.15) is 5.75 Å². The number of hydrogen-bond acceptors (Lipinski definition) is 3. The highest BCUT2D eigenvalue weighted by molar-refractivity contribution is 9.10. The summed E-state index contributed by atoms with van der Waals surface area (Å²) >= 11 is 3.16. The first-order valence-corrected chi connectivity index (χ1v) is 6.50. The van der Waals surface area contributed by atoms with Crippen LogP contribution >= 0.6 is 15.9 Å². The van der Waals surface area contributed by atoms with Crippen LogP contribution in [0.15, 0.2) is 40.9 Å². The molecule has 3 N–H and O–H groups in total. The van der Waals surface area contributed by atoms with E-state index < -0.39 is 5.82 Å². The van der Waals surface area contributed by atoms with E-state index in [1.807, 2.05) is 0 Å². The number of hydrogen-bond donors (Lipinski definition) is 2. The van der Waals surface area contributed by atoms with Crippen molar-refractivity contribution in [2.45, 2.75) is 13.2 Å². The molecule has 0 saturated heterocycles. The first-order valence-electron chi connectivity index (χ1n) is 5.71. The highest BCUT2D eigenvalue weighted by atomic mass is 79.9. The Bertz CT molecular complexity index is 590. The zero-order valence-electron chi connectivity index (χ0n) is 10.1. The Morgan fingerprint density at radius 3 is 2.53 bits per heavy atom. The Kier molecular flexibility index (Phi) is 4.52. The average molecular weight is 326 g/mol. The number of ether oxygens (including phenoxy) is 1. The second kappa shape index (κ2) is 6.14. The number of nitrogens with two attached hydrogens (primary N) is 1. The SMILES string of the molecule is NCc1ccc(Oc2ccccc2CO)c(F)c1Br. The lowest BCUT2D eigenvalue weighted by molar-refractivity contribution is 0.276. The molecule has 100 valence electrons. The topological polar surface area (TPSA) is 55.5 Å². The number of benzene rings is 2. The van der Waals surface area contributed by atoms with Gasteiger partial charge < -0.3 is 15.6 Å². The van der Waals surface area contributed by atoms with E-state index in [9.17, 15) is 9.50 Å². The third-order valence-corrected chi connectivity index (χ3v) is 3.57. The van der Waals surface area contributed by atoms with Crippen molar-refractivity contribution in [3.63, 3.8) is 0 Å². The maximum atomic E-state index is 14.1. The Hall–Kier alpha value is -1.43. The summed E-state index contributed by atoms with van der Waals surface area (Å²) in [6.07, 6.45) is 0. The van der Waals surface area contributed by atoms with Gasteiger partial charge in [0, 0.05) is 12.1 Å². The van der Waals surface area contributed by atoms with Crippen molar-refractivity contribution < 1.29 is 14.2 Å². The van der Waals surface area contributed by atoms with Crippen LogP contribution in [0.25, 0.3) is 0 Å². The zero-order valence-corrected chi connectivity index (χ0v) is 11.7. The van der Waals surface area contributed by atoms with Gasteiger partial charge in [-0.05, 0) is 33.6 Å². The lowest BCUT2D eigenvalue weighted by Crippen LogP contribution is -2.00. The van der Waals surface area contributed by atoms with E-state index in [4.69, 9.17) is 10.5 Å². The summed E-state index contributed by atoms with van der Waals surface area (Å²) in [5, 5.41) is 9.20. The summed E-state index contributed by atoms with van der Waals surface area (Å²) in [6.45, 7) is 0.0743. The maximum Gasteiger partial charge on any atom is 0.180 e. The molecule has 0 amide bonds. The van der Waals surface area contributed by atoms with Crippen LogP contribution < -0.4 is 10.5 Å². The molecule has 0 aliphatic carbocycles. The van der Waals surface area contributed by atoms with Gasteiger partial charge in [-0.25, -0.2) is 4.39 Å². The predicted octanol–water partition coefficient (Wildman–Crippen LogP) is 3.33. The van der Waals surface area contributed by atoms with E-state index in [-0.39, 0.29) is 18.9 Å². The minimum absolute atomic E-state index is 0.0879. The van der Waals surface area contributed by atoms with Gasteiger partial charge in [0.15, 0.2) is 11.6 Å². The largest absolute Gasteiger partial charge is 0.454 e. The molecule has 2 rings (SSSR count). The second-order valence-electron chi connectivity index (χ2n) is 3.92. The van der Waals surface area contributed by atoms with Gasteiger partial charge in [-0.3, -0.25) is 0 Å². The van der Waals surface area contributed by atoms with E-state index in [0.29, 0.717) is 21.3 Å². The monoisotopic (exact) mass is 325 g/mol. The summed E-state index contributed by atoms with van der Waals surface area (Å²) in [7, 11) is 0. The normalized spacial score (nSPS) is 10.5. The van der Waals surface area contributed by atoms with Crippen LogP contribution in [0.4, 0.5) is 4.39 Å². The molecule has 2 aromatic carbocycles. The van der Waals surface area contributed by atoms with Crippen molar-refractivity contribution in [1.29, 1.82) is 0 Å². The van der Waals surface area contributed by atoms with Crippen molar-refractivity contribution in [3.05, 3.63) is 57.8 Å². The zero-order chi connectivity index (χ0) is 13.8. The predicted molar refractivity (Wildman–Crippen MR) is 74.4 cm³/mol. The fourth-order valence-electron chi connectivity index (χ4n) is 1.66. The lowest BCUT2D eigenvalue weighted by atomic mass is 10.2. The van der Waals surface area contributed by atoms with E-state index in [1.165, 1.54) is 6.07 Å². The van der Waals surface area contributed by atoms with Gasteiger partial charge in [-0.1, -0.05) is 24.3 Å². The first kappa shape index (κ1) is 14.0. The first-order chi connectivity index (χ1) is 9.17. The summed E-state index contributed by atoms with van der Waals surface area (Å²) in [5.41, 5.74) is 6.76. The molecule has 0 atom stereocenters.